The lowest BCUT2D eigenvalue weighted by molar-refractivity contribution is -0.462. The van der Waals surface area contributed by atoms with Gasteiger partial charge in [-0.25, -0.2) is 13.2 Å². The quantitative estimate of drug-likeness (QED) is 0.716. The third-order valence-electron chi connectivity index (χ3n) is 1.77. The molecular weight excluding hydrogens is 268 g/mol. The van der Waals surface area contributed by atoms with E-state index in [1.54, 1.807) is 0 Å². The Bertz CT molecular complexity index is 259. The highest BCUT2D eigenvalue weighted by molar-refractivity contribution is 4.81. The van der Waals surface area contributed by atoms with E-state index in [2.05, 4.69) is 9.47 Å². The van der Waals surface area contributed by atoms with Crippen LogP contribution in [0.5, 0.6) is 0 Å². The molecule has 0 amide bonds. The molecule has 0 N–H and O–H groups in total. The summed E-state index contributed by atoms with van der Waals surface area (Å²) in [6, 6.07) is 0. The minimum atomic E-state index is -6.24. The van der Waals surface area contributed by atoms with Crippen molar-refractivity contribution in [2.45, 2.75) is 37.8 Å². The number of alkyl halides is 8. The monoisotopic (exact) mass is 276 g/mol. The molecule has 2 unspecified atom stereocenters. The van der Waals surface area contributed by atoms with E-state index in [-0.39, 0.29) is 13.8 Å². The van der Waals surface area contributed by atoms with Gasteiger partial charge in [0.2, 0.25) is 0 Å². The standard InChI is InChI=1S/C7H8F8O2/c1-4(9,16-3-8)5(2,10)17-7(14,15)6(11,12)13/h3H2,1-2H3. The SMILES string of the molecule is CC(F)(OCF)C(C)(F)OC(F)(F)C(F)(F)F. The highest BCUT2D eigenvalue weighted by Crippen LogP contribution is 2.44. The summed E-state index contributed by atoms with van der Waals surface area (Å²) in [7, 11) is 0. The van der Waals surface area contributed by atoms with Crippen molar-refractivity contribution in [2.75, 3.05) is 6.86 Å². The van der Waals surface area contributed by atoms with E-state index in [4.69, 9.17) is 0 Å². The van der Waals surface area contributed by atoms with Gasteiger partial charge in [0, 0.05) is 13.8 Å². The van der Waals surface area contributed by atoms with Crippen molar-refractivity contribution in [3.63, 3.8) is 0 Å². The summed E-state index contributed by atoms with van der Waals surface area (Å²) in [5.41, 5.74) is 0. The molecule has 0 spiro atoms. The highest BCUT2D eigenvalue weighted by Gasteiger charge is 2.66. The zero-order chi connectivity index (χ0) is 14.1. The highest BCUT2D eigenvalue weighted by atomic mass is 19.4. The molecular formula is C7H8F8O2. The molecule has 0 radical (unpaired) electrons. The zero-order valence-electron chi connectivity index (χ0n) is 8.55. The van der Waals surface area contributed by atoms with Gasteiger partial charge in [0.15, 0.2) is 6.86 Å². The zero-order valence-corrected chi connectivity index (χ0v) is 8.55. The fourth-order valence-electron chi connectivity index (χ4n) is 0.621. The van der Waals surface area contributed by atoms with E-state index in [9.17, 15) is 35.1 Å². The Labute approximate surface area is 90.5 Å². The van der Waals surface area contributed by atoms with E-state index >= 15 is 0 Å². The van der Waals surface area contributed by atoms with Crippen LogP contribution in [0.2, 0.25) is 0 Å². The van der Waals surface area contributed by atoms with Crippen LogP contribution in [0.25, 0.3) is 0 Å². The van der Waals surface area contributed by atoms with Gasteiger partial charge in [0.1, 0.15) is 0 Å². The molecule has 0 aromatic rings. The van der Waals surface area contributed by atoms with Crippen molar-refractivity contribution in [1.29, 1.82) is 0 Å². The molecule has 0 heterocycles. The fraction of sp³-hybridized carbons (Fsp3) is 1.00. The third-order valence-corrected chi connectivity index (χ3v) is 1.77. The van der Waals surface area contributed by atoms with Gasteiger partial charge in [0.05, 0.1) is 0 Å². The van der Waals surface area contributed by atoms with E-state index in [0.29, 0.717) is 0 Å². The molecule has 0 aliphatic rings. The average Bonchev–Trinajstić information content (AvgIpc) is 1.98. The van der Waals surface area contributed by atoms with Gasteiger partial charge in [-0.1, -0.05) is 0 Å². The Hall–Kier alpha value is -0.640. The first kappa shape index (κ1) is 16.4. The second-order valence-electron chi connectivity index (χ2n) is 3.20. The number of hydrogen-bond acceptors (Lipinski definition) is 2. The lowest BCUT2D eigenvalue weighted by Gasteiger charge is -2.35. The minimum Gasteiger partial charge on any atom is -0.310 e. The van der Waals surface area contributed by atoms with Crippen LogP contribution in [-0.4, -0.2) is 30.9 Å². The molecule has 0 bridgehead atoms. The Morgan fingerprint density at radius 1 is 0.824 bits per heavy atom. The van der Waals surface area contributed by atoms with Crippen LogP contribution >= 0.6 is 0 Å². The predicted octanol–water partition coefficient (Wildman–Crippen LogP) is 3.47. The summed E-state index contributed by atoms with van der Waals surface area (Å²) >= 11 is 0. The molecule has 0 aliphatic carbocycles. The van der Waals surface area contributed by atoms with Crippen LogP contribution in [0.1, 0.15) is 13.8 Å². The van der Waals surface area contributed by atoms with Crippen molar-refractivity contribution in [1.82, 2.24) is 0 Å². The maximum Gasteiger partial charge on any atom is 0.483 e. The lowest BCUT2D eigenvalue weighted by atomic mass is 10.2. The molecule has 2 atom stereocenters. The van der Waals surface area contributed by atoms with Crippen LogP contribution in [0.4, 0.5) is 35.1 Å². The van der Waals surface area contributed by atoms with Gasteiger partial charge in [-0.3, -0.25) is 4.74 Å². The molecule has 2 nitrogen and oxygen atoms in total. The summed E-state index contributed by atoms with van der Waals surface area (Å²) in [6.45, 7) is -1.91. The molecule has 17 heavy (non-hydrogen) atoms. The summed E-state index contributed by atoms with van der Waals surface area (Å²) in [5, 5.41) is 0. The maximum absolute atomic E-state index is 13.2. The van der Waals surface area contributed by atoms with E-state index in [1.807, 2.05) is 0 Å². The largest absolute Gasteiger partial charge is 0.483 e. The van der Waals surface area contributed by atoms with Crippen LogP contribution < -0.4 is 0 Å². The third kappa shape index (κ3) is 3.66. The van der Waals surface area contributed by atoms with Gasteiger partial charge in [0.25, 0.3) is 11.7 Å². The van der Waals surface area contributed by atoms with E-state index < -0.39 is 30.9 Å². The Kier molecular flexibility index (Phi) is 4.39. The van der Waals surface area contributed by atoms with Crippen LogP contribution in [0, 0.1) is 0 Å². The summed E-state index contributed by atoms with van der Waals surface area (Å²) in [5.74, 6) is -8.03. The number of halogens is 8. The fourth-order valence-corrected chi connectivity index (χ4v) is 0.621. The van der Waals surface area contributed by atoms with Crippen molar-refractivity contribution < 1.29 is 44.6 Å². The molecule has 0 rings (SSSR count). The summed E-state index contributed by atoms with van der Waals surface area (Å²) in [6.07, 6.45) is -12.2. The van der Waals surface area contributed by atoms with Crippen molar-refractivity contribution in [3.8, 4) is 0 Å². The van der Waals surface area contributed by atoms with E-state index in [0.717, 1.165) is 0 Å². The van der Waals surface area contributed by atoms with Crippen LogP contribution in [0.3, 0.4) is 0 Å². The molecule has 0 saturated heterocycles. The second kappa shape index (κ2) is 4.56. The molecule has 0 aromatic carbocycles. The first-order chi connectivity index (χ1) is 7.27. The van der Waals surface area contributed by atoms with E-state index in [1.165, 1.54) is 0 Å². The first-order valence-corrected chi connectivity index (χ1v) is 3.99. The Morgan fingerprint density at radius 2 is 1.24 bits per heavy atom. The molecule has 0 saturated carbocycles. The Balaban J connectivity index is 4.99. The minimum absolute atomic E-state index is 0.0810. The molecule has 0 aliphatic heterocycles. The number of ether oxygens (including phenoxy) is 2. The second-order valence-corrected chi connectivity index (χ2v) is 3.20. The molecule has 10 heteroatoms. The number of rotatable bonds is 5. The number of hydrogen-bond donors (Lipinski definition) is 0. The predicted molar refractivity (Wildman–Crippen MR) is 38.2 cm³/mol. The first-order valence-electron chi connectivity index (χ1n) is 3.99. The van der Waals surface area contributed by atoms with Gasteiger partial charge < -0.3 is 4.74 Å². The summed E-state index contributed by atoms with van der Waals surface area (Å²) in [4.78, 5) is 0. The van der Waals surface area contributed by atoms with Gasteiger partial charge >= 0.3 is 12.3 Å². The molecule has 0 aromatic heterocycles. The lowest BCUT2D eigenvalue weighted by Crippen LogP contribution is -2.54. The maximum atomic E-state index is 13.2. The van der Waals surface area contributed by atoms with Crippen molar-refractivity contribution in [3.05, 3.63) is 0 Å². The van der Waals surface area contributed by atoms with Crippen LogP contribution in [0.15, 0.2) is 0 Å². The van der Waals surface area contributed by atoms with Crippen molar-refractivity contribution >= 4 is 0 Å². The summed E-state index contributed by atoms with van der Waals surface area (Å²) < 4.78 is 104. The molecule has 0 fully saturated rings. The topological polar surface area (TPSA) is 18.5 Å². The average molecular weight is 276 g/mol. The molecule has 104 valence electrons. The van der Waals surface area contributed by atoms with Crippen molar-refractivity contribution in [2.24, 2.45) is 0 Å². The van der Waals surface area contributed by atoms with Crippen LogP contribution in [-0.2, 0) is 9.47 Å². The normalized spacial score (nSPS) is 20.8. The van der Waals surface area contributed by atoms with Gasteiger partial charge in [-0.2, -0.15) is 22.0 Å². The van der Waals surface area contributed by atoms with Gasteiger partial charge in [-0.15, -0.1) is 0 Å². The smallest absolute Gasteiger partial charge is 0.310 e. The van der Waals surface area contributed by atoms with Gasteiger partial charge in [-0.05, 0) is 0 Å². The Morgan fingerprint density at radius 3 is 1.53 bits per heavy atom.